The van der Waals surface area contributed by atoms with Crippen LogP contribution in [0.5, 0.6) is 0 Å². The fourth-order valence-electron chi connectivity index (χ4n) is 2.04. The highest BCUT2D eigenvalue weighted by Crippen LogP contribution is 2.21. The van der Waals surface area contributed by atoms with E-state index in [1.807, 2.05) is 0 Å². The summed E-state index contributed by atoms with van der Waals surface area (Å²) in [7, 11) is 1.69. The molecule has 0 radical (unpaired) electrons. The van der Waals surface area contributed by atoms with Crippen molar-refractivity contribution in [1.82, 2.24) is 10.1 Å². The van der Waals surface area contributed by atoms with Crippen molar-refractivity contribution in [3.63, 3.8) is 0 Å². The van der Waals surface area contributed by atoms with Crippen molar-refractivity contribution in [2.45, 2.75) is 19.3 Å². The Bertz CT molecular complexity index is 254. The predicted octanol–water partition coefficient (Wildman–Crippen LogP) is 0.119. The van der Waals surface area contributed by atoms with Crippen LogP contribution in [0.15, 0.2) is 5.29 Å². The molecule has 7 nitrogen and oxygen atoms in total. The van der Waals surface area contributed by atoms with Gasteiger partial charge in [0.1, 0.15) is 6.54 Å². The van der Waals surface area contributed by atoms with Gasteiger partial charge in [-0.2, -0.15) is 5.12 Å². The maximum atomic E-state index is 10.8. The zero-order valence-electron chi connectivity index (χ0n) is 10.2. The second-order valence-corrected chi connectivity index (χ2v) is 4.26. The Hall–Kier alpha value is -1.21. The topological polar surface area (TPSA) is 88.2 Å². The van der Waals surface area contributed by atoms with Gasteiger partial charge < -0.3 is 10.5 Å². The summed E-state index contributed by atoms with van der Waals surface area (Å²) in [4.78, 5) is 21.4. The molecule has 0 atom stereocenters. The van der Waals surface area contributed by atoms with Gasteiger partial charge in [-0.3, -0.25) is 4.79 Å². The van der Waals surface area contributed by atoms with E-state index in [9.17, 15) is 9.70 Å². The molecule has 0 aromatic rings. The minimum Gasteiger partial charge on any atom is -0.385 e. The number of carbonyl (C=O) groups excluding carboxylic acids is 1. The van der Waals surface area contributed by atoms with Crippen molar-refractivity contribution in [3.8, 4) is 0 Å². The molecule has 1 aliphatic heterocycles. The second kappa shape index (κ2) is 7.18. The molecule has 17 heavy (non-hydrogen) atoms. The van der Waals surface area contributed by atoms with Gasteiger partial charge in [-0.05, 0) is 25.2 Å². The van der Waals surface area contributed by atoms with Crippen LogP contribution < -0.4 is 5.73 Å². The number of primary amides is 1. The summed E-state index contributed by atoms with van der Waals surface area (Å²) in [6.45, 7) is 2.08. The molecular weight excluding hydrogens is 224 g/mol. The lowest BCUT2D eigenvalue weighted by atomic mass is 9.95. The fraction of sp³-hybridized carbons (Fsp3) is 0.900. The summed E-state index contributed by atoms with van der Waals surface area (Å²) in [6.07, 6.45) is 3.00. The largest absolute Gasteiger partial charge is 0.385 e. The summed E-state index contributed by atoms with van der Waals surface area (Å²) in [5.41, 5.74) is 5.05. The van der Waals surface area contributed by atoms with Crippen molar-refractivity contribution >= 4 is 5.91 Å². The van der Waals surface area contributed by atoms with Gasteiger partial charge in [0.15, 0.2) is 0 Å². The van der Waals surface area contributed by atoms with Gasteiger partial charge in [0.25, 0.3) is 0 Å². The highest BCUT2D eigenvalue weighted by molar-refractivity contribution is 5.75. The van der Waals surface area contributed by atoms with Crippen LogP contribution in [-0.4, -0.2) is 49.4 Å². The van der Waals surface area contributed by atoms with Crippen LogP contribution in [0.4, 0.5) is 0 Å². The summed E-state index contributed by atoms with van der Waals surface area (Å²) < 4.78 is 5.04. The molecule has 7 heteroatoms. The van der Waals surface area contributed by atoms with Crippen LogP contribution in [0.2, 0.25) is 0 Å². The number of methoxy groups -OCH3 is 1. The molecule has 1 saturated heterocycles. The van der Waals surface area contributed by atoms with Gasteiger partial charge in [0.2, 0.25) is 5.91 Å². The number of nitroso groups, excluding NO2 is 1. The van der Waals surface area contributed by atoms with E-state index in [1.165, 1.54) is 0 Å². The highest BCUT2D eigenvalue weighted by atomic mass is 16.5. The Balaban J connectivity index is 2.33. The SMILES string of the molecule is COCCC1CCN(N(CC(N)=O)N=O)CC1. The number of piperidine rings is 1. The van der Waals surface area contributed by atoms with Crippen LogP contribution >= 0.6 is 0 Å². The van der Waals surface area contributed by atoms with Crippen molar-refractivity contribution in [2.24, 2.45) is 16.9 Å². The number of hydrogen-bond donors (Lipinski definition) is 1. The lowest BCUT2D eigenvalue weighted by Crippen LogP contribution is -2.47. The standard InChI is InChI=1S/C10H20N4O3/c1-17-7-4-9-2-5-13(6-3-9)14(12-16)8-10(11)15/h9H,2-8H2,1H3,(H2,11,15). The number of carbonyl (C=O) groups is 1. The maximum Gasteiger partial charge on any atom is 0.240 e. The summed E-state index contributed by atoms with van der Waals surface area (Å²) in [5.74, 6) is 0.0689. The number of rotatable bonds is 7. The first-order valence-electron chi connectivity index (χ1n) is 5.80. The average Bonchev–Trinajstić information content (AvgIpc) is 2.34. The zero-order chi connectivity index (χ0) is 12.7. The van der Waals surface area contributed by atoms with Crippen LogP contribution in [0.1, 0.15) is 19.3 Å². The lowest BCUT2D eigenvalue weighted by molar-refractivity contribution is -0.126. The number of amides is 1. The molecule has 1 fully saturated rings. The van der Waals surface area contributed by atoms with Crippen LogP contribution in [0, 0.1) is 10.8 Å². The first-order valence-corrected chi connectivity index (χ1v) is 5.80. The van der Waals surface area contributed by atoms with E-state index < -0.39 is 5.91 Å². The van der Waals surface area contributed by atoms with Gasteiger partial charge in [0, 0.05) is 26.8 Å². The number of nitrogens with two attached hydrogens (primary N) is 1. The molecule has 1 rings (SSSR count). The maximum absolute atomic E-state index is 10.8. The number of hydrazine groups is 1. The summed E-state index contributed by atoms with van der Waals surface area (Å²) >= 11 is 0. The Morgan fingerprint density at radius 2 is 2.18 bits per heavy atom. The number of nitrogens with zero attached hydrogens (tertiary/aromatic N) is 3. The molecule has 2 N–H and O–H groups in total. The smallest absolute Gasteiger partial charge is 0.240 e. The number of hydrogen-bond acceptors (Lipinski definition) is 5. The average molecular weight is 244 g/mol. The minimum atomic E-state index is -0.550. The molecule has 0 bridgehead atoms. The molecule has 0 aromatic carbocycles. The Morgan fingerprint density at radius 1 is 1.53 bits per heavy atom. The summed E-state index contributed by atoms with van der Waals surface area (Å²) in [5, 5.41) is 5.72. The normalized spacial score (nSPS) is 17.9. The van der Waals surface area contributed by atoms with Crippen molar-refractivity contribution in [2.75, 3.05) is 33.4 Å². The second-order valence-electron chi connectivity index (χ2n) is 4.26. The van der Waals surface area contributed by atoms with E-state index in [2.05, 4.69) is 5.29 Å². The third-order valence-electron chi connectivity index (χ3n) is 3.04. The lowest BCUT2D eigenvalue weighted by Gasteiger charge is -2.35. The van der Waals surface area contributed by atoms with Gasteiger partial charge in [-0.1, -0.05) is 0 Å². The van der Waals surface area contributed by atoms with Crippen molar-refractivity contribution in [3.05, 3.63) is 4.91 Å². The monoisotopic (exact) mass is 244 g/mol. The molecule has 1 amide bonds. The van der Waals surface area contributed by atoms with Crippen molar-refractivity contribution in [1.29, 1.82) is 0 Å². The van der Waals surface area contributed by atoms with E-state index in [1.54, 1.807) is 12.1 Å². The first-order chi connectivity index (χ1) is 8.17. The number of ether oxygens (including phenoxy) is 1. The van der Waals surface area contributed by atoms with Crippen molar-refractivity contribution < 1.29 is 9.53 Å². The molecule has 0 unspecified atom stereocenters. The molecule has 0 aromatic heterocycles. The van der Waals surface area contributed by atoms with Crippen LogP contribution in [0.25, 0.3) is 0 Å². The molecule has 0 spiro atoms. The van der Waals surface area contributed by atoms with E-state index in [4.69, 9.17) is 10.5 Å². The molecule has 0 saturated carbocycles. The molecule has 98 valence electrons. The Kier molecular flexibility index (Phi) is 5.85. The molecule has 1 heterocycles. The third kappa shape index (κ3) is 4.66. The van der Waals surface area contributed by atoms with E-state index in [-0.39, 0.29) is 6.54 Å². The van der Waals surface area contributed by atoms with E-state index >= 15 is 0 Å². The first kappa shape index (κ1) is 13.9. The van der Waals surface area contributed by atoms with Gasteiger partial charge in [0.05, 0.1) is 5.29 Å². The zero-order valence-corrected chi connectivity index (χ0v) is 10.2. The third-order valence-corrected chi connectivity index (χ3v) is 3.04. The van der Waals surface area contributed by atoms with Crippen LogP contribution in [-0.2, 0) is 9.53 Å². The van der Waals surface area contributed by atoms with Gasteiger partial charge in [-0.25, -0.2) is 5.01 Å². The molecular formula is C10H20N4O3. The Labute approximate surface area is 101 Å². The van der Waals surface area contributed by atoms with E-state index in [0.29, 0.717) is 5.92 Å². The quantitative estimate of drug-likeness (QED) is 0.507. The minimum absolute atomic E-state index is 0.147. The molecule has 0 aliphatic carbocycles. The summed E-state index contributed by atoms with van der Waals surface area (Å²) in [6, 6.07) is 0. The van der Waals surface area contributed by atoms with Gasteiger partial charge >= 0.3 is 0 Å². The highest BCUT2D eigenvalue weighted by Gasteiger charge is 2.24. The fourth-order valence-corrected chi connectivity index (χ4v) is 2.04. The van der Waals surface area contributed by atoms with E-state index in [0.717, 1.165) is 44.1 Å². The van der Waals surface area contributed by atoms with Crippen LogP contribution in [0.3, 0.4) is 0 Å². The predicted molar refractivity (Wildman–Crippen MR) is 62.5 cm³/mol. The molecule has 1 aliphatic rings. The Morgan fingerprint density at radius 3 is 2.65 bits per heavy atom. The van der Waals surface area contributed by atoms with Gasteiger partial charge in [-0.15, -0.1) is 4.91 Å².